The maximum absolute atomic E-state index is 9.29. The molecule has 0 unspecified atom stereocenters. The fraction of sp³-hybridized carbons (Fsp3) is 0.267. The average Bonchev–Trinajstić information content (AvgIpc) is 3.13. The summed E-state index contributed by atoms with van der Waals surface area (Å²) in [4.78, 5) is 2.21. The molecule has 0 amide bonds. The molecule has 0 aliphatic heterocycles. The number of rotatable bonds is 4. The van der Waals surface area contributed by atoms with Crippen LogP contribution < -0.4 is 4.90 Å². The molecule has 19 heavy (non-hydrogen) atoms. The lowest BCUT2D eigenvalue weighted by molar-refractivity contribution is 0.501. The molecule has 1 heterocycles. The number of halogens is 1. The maximum atomic E-state index is 9.29. The standard InChI is InChI=1S/C15H13ClN2O/c16-14-4-1-5-15(13(14)9-17)18(11-6-7-11)10-12-3-2-8-19-12/h1-5,8,11H,6-7,10H2. The van der Waals surface area contributed by atoms with Gasteiger partial charge in [-0.2, -0.15) is 5.26 Å². The second-order valence-electron chi connectivity index (χ2n) is 4.68. The average molecular weight is 273 g/mol. The molecule has 1 aromatic carbocycles. The van der Waals surface area contributed by atoms with Crippen molar-refractivity contribution in [1.29, 1.82) is 5.26 Å². The van der Waals surface area contributed by atoms with Gasteiger partial charge >= 0.3 is 0 Å². The van der Waals surface area contributed by atoms with Crippen LogP contribution in [0.2, 0.25) is 5.02 Å². The molecule has 0 bridgehead atoms. The summed E-state index contributed by atoms with van der Waals surface area (Å²) < 4.78 is 5.41. The van der Waals surface area contributed by atoms with Crippen molar-refractivity contribution in [2.45, 2.75) is 25.4 Å². The van der Waals surface area contributed by atoms with E-state index in [2.05, 4.69) is 11.0 Å². The number of anilines is 1. The molecule has 1 aromatic heterocycles. The lowest BCUT2D eigenvalue weighted by atomic mass is 10.1. The lowest BCUT2D eigenvalue weighted by Crippen LogP contribution is -2.25. The lowest BCUT2D eigenvalue weighted by Gasteiger charge is -2.25. The summed E-state index contributed by atoms with van der Waals surface area (Å²) in [5.74, 6) is 0.899. The molecule has 0 atom stereocenters. The summed E-state index contributed by atoms with van der Waals surface area (Å²) in [6.45, 7) is 0.673. The third-order valence-corrected chi connectivity index (χ3v) is 3.62. The normalized spacial score (nSPS) is 14.1. The molecule has 1 aliphatic carbocycles. The highest BCUT2D eigenvalue weighted by atomic mass is 35.5. The molecule has 1 saturated carbocycles. The topological polar surface area (TPSA) is 40.2 Å². The highest BCUT2D eigenvalue weighted by Crippen LogP contribution is 2.36. The van der Waals surface area contributed by atoms with E-state index < -0.39 is 0 Å². The Morgan fingerprint density at radius 3 is 2.79 bits per heavy atom. The van der Waals surface area contributed by atoms with E-state index in [1.54, 1.807) is 12.3 Å². The van der Waals surface area contributed by atoms with Gasteiger partial charge < -0.3 is 9.32 Å². The Morgan fingerprint density at radius 1 is 1.32 bits per heavy atom. The summed E-state index contributed by atoms with van der Waals surface area (Å²) in [5.41, 5.74) is 1.44. The first-order valence-corrected chi connectivity index (χ1v) is 6.65. The number of hydrogen-bond acceptors (Lipinski definition) is 3. The first kappa shape index (κ1) is 12.1. The number of nitrogens with zero attached hydrogens (tertiary/aromatic N) is 2. The Balaban J connectivity index is 1.97. The van der Waals surface area contributed by atoms with Crippen LogP contribution in [0.25, 0.3) is 0 Å². The zero-order valence-corrected chi connectivity index (χ0v) is 11.1. The summed E-state index contributed by atoms with van der Waals surface area (Å²) in [6, 6.07) is 12.1. The van der Waals surface area contributed by atoms with Crippen LogP contribution in [-0.2, 0) is 6.54 Å². The SMILES string of the molecule is N#Cc1c(Cl)cccc1N(Cc1ccco1)C1CC1. The van der Waals surface area contributed by atoms with E-state index in [9.17, 15) is 5.26 Å². The van der Waals surface area contributed by atoms with Crippen LogP contribution in [0.1, 0.15) is 24.2 Å². The van der Waals surface area contributed by atoms with E-state index >= 15 is 0 Å². The van der Waals surface area contributed by atoms with Crippen LogP contribution >= 0.6 is 11.6 Å². The molecule has 0 N–H and O–H groups in total. The van der Waals surface area contributed by atoms with Crippen molar-refractivity contribution in [2.75, 3.05) is 4.90 Å². The van der Waals surface area contributed by atoms with Crippen molar-refractivity contribution < 1.29 is 4.42 Å². The minimum Gasteiger partial charge on any atom is -0.467 e. The van der Waals surface area contributed by atoms with E-state index in [1.165, 1.54) is 0 Å². The van der Waals surface area contributed by atoms with Crippen LogP contribution in [0.15, 0.2) is 41.0 Å². The van der Waals surface area contributed by atoms with Crippen molar-refractivity contribution in [3.05, 3.63) is 52.9 Å². The van der Waals surface area contributed by atoms with Gasteiger partial charge in [0.05, 0.1) is 29.1 Å². The van der Waals surface area contributed by atoms with E-state index in [0.29, 0.717) is 23.2 Å². The molecule has 3 rings (SSSR count). The quantitative estimate of drug-likeness (QED) is 0.845. The third kappa shape index (κ3) is 2.45. The van der Waals surface area contributed by atoms with Crippen LogP contribution in [0, 0.1) is 11.3 Å². The van der Waals surface area contributed by atoms with E-state index in [-0.39, 0.29) is 0 Å². The Morgan fingerprint density at radius 2 is 2.16 bits per heavy atom. The second-order valence-corrected chi connectivity index (χ2v) is 5.09. The van der Waals surface area contributed by atoms with Crippen LogP contribution in [-0.4, -0.2) is 6.04 Å². The van der Waals surface area contributed by atoms with Crippen LogP contribution in [0.5, 0.6) is 0 Å². The molecule has 96 valence electrons. The highest BCUT2D eigenvalue weighted by Gasteiger charge is 2.31. The van der Waals surface area contributed by atoms with Crippen molar-refractivity contribution >= 4 is 17.3 Å². The smallest absolute Gasteiger partial charge is 0.123 e. The minimum absolute atomic E-state index is 0.482. The van der Waals surface area contributed by atoms with Gasteiger partial charge in [0.1, 0.15) is 11.8 Å². The number of hydrogen-bond donors (Lipinski definition) is 0. The van der Waals surface area contributed by atoms with E-state index in [0.717, 1.165) is 24.3 Å². The summed E-state index contributed by atoms with van der Waals surface area (Å²) in [5, 5.41) is 9.80. The molecule has 3 nitrogen and oxygen atoms in total. The number of furan rings is 1. The minimum atomic E-state index is 0.482. The maximum Gasteiger partial charge on any atom is 0.123 e. The van der Waals surface area contributed by atoms with Gasteiger partial charge in [-0.05, 0) is 37.1 Å². The molecule has 1 fully saturated rings. The third-order valence-electron chi connectivity index (χ3n) is 3.31. The number of benzene rings is 1. The predicted octanol–water partition coefficient (Wildman–Crippen LogP) is 3.97. The van der Waals surface area contributed by atoms with Gasteiger partial charge in [0.25, 0.3) is 0 Å². The zero-order chi connectivity index (χ0) is 13.2. The Labute approximate surface area is 117 Å². The Kier molecular flexibility index (Phi) is 3.18. The summed E-state index contributed by atoms with van der Waals surface area (Å²) in [6.07, 6.45) is 3.97. The number of nitriles is 1. The molecule has 0 saturated heterocycles. The van der Waals surface area contributed by atoms with Crippen molar-refractivity contribution in [3.8, 4) is 6.07 Å². The monoisotopic (exact) mass is 272 g/mol. The van der Waals surface area contributed by atoms with E-state index in [1.807, 2.05) is 24.3 Å². The predicted molar refractivity (Wildman–Crippen MR) is 74.1 cm³/mol. The van der Waals surface area contributed by atoms with Gasteiger partial charge in [0.2, 0.25) is 0 Å². The van der Waals surface area contributed by atoms with Crippen LogP contribution in [0.4, 0.5) is 5.69 Å². The first-order valence-electron chi connectivity index (χ1n) is 6.27. The van der Waals surface area contributed by atoms with E-state index in [4.69, 9.17) is 16.0 Å². The Bertz CT molecular complexity index is 612. The summed E-state index contributed by atoms with van der Waals surface area (Å²) >= 11 is 6.11. The second kappa shape index (κ2) is 4.99. The Hall–Kier alpha value is -1.92. The van der Waals surface area contributed by atoms with Gasteiger partial charge in [-0.25, -0.2) is 0 Å². The van der Waals surface area contributed by atoms with Gasteiger partial charge in [-0.1, -0.05) is 17.7 Å². The zero-order valence-electron chi connectivity index (χ0n) is 10.3. The van der Waals surface area contributed by atoms with Gasteiger partial charge in [-0.15, -0.1) is 0 Å². The van der Waals surface area contributed by atoms with Crippen molar-refractivity contribution in [1.82, 2.24) is 0 Å². The highest BCUT2D eigenvalue weighted by molar-refractivity contribution is 6.32. The van der Waals surface area contributed by atoms with Gasteiger partial charge in [-0.3, -0.25) is 0 Å². The molecule has 0 radical (unpaired) electrons. The first-order chi connectivity index (χ1) is 9.29. The van der Waals surface area contributed by atoms with Gasteiger partial charge in [0.15, 0.2) is 0 Å². The fourth-order valence-electron chi connectivity index (χ4n) is 2.23. The fourth-order valence-corrected chi connectivity index (χ4v) is 2.44. The summed E-state index contributed by atoms with van der Waals surface area (Å²) in [7, 11) is 0. The van der Waals surface area contributed by atoms with Crippen molar-refractivity contribution in [3.63, 3.8) is 0 Å². The molecule has 0 spiro atoms. The largest absolute Gasteiger partial charge is 0.467 e. The van der Waals surface area contributed by atoms with Gasteiger partial charge in [0, 0.05) is 6.04 Å². The molecule has 1 aliphatic rings. The molecule has 2 aromatic rings. The molecular weight excluding hydrogens is 260 g/mol. The van der Waals surface area contributed by atoms with Crippen LogP contribution in [0.3, 0.4) is 0 Å². The molecular formula is C15H13ClN2O. The van der Waals surface area contributed by atoms with Crippen molar-refractivity contribution in [2.24, 2.45) is 0 Å². The molecule has 4 heteroatoms.